The zero-order valence-corrected chi connectivity index (χ0v) is 12.5. The van der Waals surface area contributed by atoms with Gasteiger partial charge in [-0.3, -0.25) is 4.98 Å². The Balaban J connectivity index is 2.11. The molecule has 0 atom stereocenters. The molecule has 0 unspecified atom stereocenters. The molecule has 0 saturated carbocycles. The summed E-state index contributed by atoms with van der Waals surface area (Å²) in [6.45, 7) is 2.99. The molecule has 1 aliphatic heterocycles. The quantitative estimate of drug-likeness (QED) is 0.619. The van der Waals surface area contributed by atoms with Gasteiger partial charge in [-0.05, 0) is 23.2 Å². The number of nitrogens with zero attached hydrogens (tertiary/aromatic N) is 4. The van der Waals surface area contributed by atoms with Crippen molar-refractivity contribution in [1.29, 1.82) is 0 Å². The number of hydrogen-bond acceptors (Lipinski definition) is 5. The van der Waals surface area contributed by atoms with E-state index in [1.807, 2.05) is 12.3 Å². The topological polar surface area (TPSA) is 51.1 Å². The minimum absolute atomic E-state index is 0.252. The molecule has 19 heavy (non-hydrogen) atoms. The number of rotatable bonds is 2. The number of halogens is 2. The summed E-state index contributed by atoms with van der Waals surface area (Å²) >= 11 is 9.43. The number of pyridine rings is 1. The van der Waals surface area contributed by atoms with Crippen LogP contribution in [0.5, 0.6) is 0 Å². The van der Waals surface area contributed by atoms with Gasteiger partial charge >= 0.3 is 0 Å². The molecule has 0 aliphatic carbocycles. The average molecular weight is 344 g/mol. The van der Waals surface area contributed by atoms with E-state index in [-0.39, 0.29) is 5.28 Å². The molecule has 1 fully saturated rings. The van der Waals surface area contributed by atoms with E-state index in [9.17, 15) is 0 Å². The van der Waals surface area contributed by atoms with Crippen LogP contribution >= 0.6 is 27.5 Å². The number of fused-ring (bicyclic) bond motifs is 1. The fourth-order valence-electron chi connectivity index (χ4n) is 2.09. The van der Waals surface area contributed by atoms with Crippen LogP contribution in [0.15, 0.2) is 12.3 Å². The Morgan fingerprint density at radius 3 is 2.84 bits per heavy atom. The second-order valence-electron chi connectivity index (χ2n) is 4.26. The minimum Gasteiger partial charge on any atom is -0.378 e. The Hall–Kier alpha value is -0.980. The Labute approximate surface area is 124 Å². The maximum atomic E-state index is 6.02. The van der Waals surface area contributed by atoms with Gasteiger partial charge in [-0.1, -0.05) is 15.9 Å². The largest absolute Gasteiger partial charge is 0.378 e. The lowest BCUT2D eigenvalue weighted by Crippen LogP contribution is -2.37. The highest BCUT2D eigenvalue weighted by molar-refractivity contribution is 9.08. The van der Waals surface area contributed by atoms with E-state index in [2.05, 4.69) is 35.8 Å². The van der Waals surface area contributed by atoms with Gasteiger partial charge in [-0.2, -0.15) is 4.98 Å². The van der Waals surface area contributed by atoms with Crippen LogP contribution in [0.25, 0.3) is 11.0 Å². The van der Waals surface area contributed by atoms with Gasteiger partial charge in [0.2, 0.25) is 5.28 Å². The van der Waals surface area contributed by atoms with Gasteiger partial charge in [-0.15, -0.1) is 0 Å². The number of morpholine rings is 1. The second kappa shape index (κ2) is 5.56. The van der Waals surface area contributed by atoms with Crippen molar-refractivity contribution < 1.29 is 4.74 Å². The van der Waals surface area contributed by atoms with Crippen LogP contribution < -0.4 is 4.90 Å². The van der Waals surface area contributed by atoms with E-state index in [1.165, 1.54) is 0 Å². The van der Waals surface area contributed by atoms with Gasteiger partial charge in [0, 0.05) is 24.6 Å². The minimum atomic E-state index is 0.252. The van der Waals surface area contributed by atoms with Crippen LogP contribution in [0, 0.1) is 0 Å². The smallest absolute Gasteiger partial charge is 0.225 e. The van der Waals surface area contributed by atoms with Crippen LogP contribution in [-0.4, -0.2) is 41.3 Å². The second-order valence-corrected chi connectivity index (χ2v) is 5.16. The highest BCUT2D eigenvalue weighted by Gasteiger charge is 2.18. The first-order chi connectivity index (χ1) is 9.28. The van der Waals surface area contributed by atoms with Crippen LogP contribution in [0.2, 0.25) is 5.28 Å². The maximum absolute atomic E-state index is 6.02. The maximum Gasteiger partial charge on any atom is 0.225 e. The van der Waals surface area contributed by atoms with Crippen molar-refractivity contribution in [2.75, 3.05) is 31.2 Å². The molecule has 2 aromatic rings. The van der Waals surface area contributed by atoms with Crippen molar-refractivity contribution in [3.63, 3.8) is 0 Å². The molecule has 1 aliphatic rings. The summed E-state index contributed by atoms with van der Waals surface area (Å²) in [7, 11) is 0. The molecule has 2 aromatic heterocycles. The molecule has 0 aromatic carbocycles. The molecule has 0 bridgehead atoms. The number of anilines is 1. The predicted octanol–water partition coefficient (Wildman–Crippen LogP) is 2.41. The molecule has 0 N–H and O–H groups in total. The average Bonchev–Trinajstić information content (AvgIpc) is 2.46. The summed E-state index contributed by atoms with van der Waals surface area (Å²) in [6.07, 6.45) is 1.83. The van der Waals surface area contributed by atoms with Crippen LogP contribution in [0.4, 0.5) is 5.82 Å². The molecule has 0 spiro atoms. The first-order valence-electron chi connectivity index (χ1n) is 5.99. The lowest BCUT2D eigenvalue weighted by molar-refractivity contribution is 0.122. The van der Waals surface area contributed by atoms with Crippen LogP contribution in [0.1, 0.15) is 5.56 Å². The number of aromatic nitrogens is 3. The van der Waals surface area contributed by atoms with E-state index in [0.29, 0.717) is 13.2 Å². The zero-order valence-electron chi connectivity index (χ0n) is 10.1. The van der Waals surface area contributed by atoms with Crippen molar-refractivity contribution in [2.24, 2.45) is 0 Å². The molecule has 3 heterocycles. The molecular formula is C12H12BrClN4O. The fourth-order valence-corrected chi connectivity index (χ4v) is 2.56. The van der Waals surface area contributed by atoms with Gasteiger partial charge in [0.05, 0.1) is 18.7 Å². The third-order valence-electron chi connectivity index (χ3n) is 3.01. The van der Waals surface area contributed by atoms with Crippen LogP contribution in [0.3, 0.4) is 0 Å². The van der Waals surface area contributed by atoms with Gasteiger partial charge < -0.3 is 9.64 Å². The molecule has 3 rings (SSSR count). The van der Waals surface area contributed by atoms with E-state index >= 15 is 0 Å². The fraction of sp³-hybridized carbons (Fsp3) is 0.417. The van der Waals surface area contributed by atoms with Crippen molar-refractivity contribution in [3.05, 3.63) is 23.1 Å². The molecule has 0 radical (unpaired) electrons. The highest BCUT2D eigenvalue weighted by Crippen LogP contribution is 2.25. The van der Waals surface area contributed by atoms with E-state index in [1.54, 1.807) is 0 Å². The normalized spacial score (nSPS) is 16.0. The van der Waals surface area contributed by atoms with Gasteiger partial charge in [0.25, 0.3) is 0 Å². The number of hydrogen-bond donors (Lipinski definition) is 0. The monoisotopic (exact) mass is 342 g/mol. The summed E-state index contributed by atoms with van der Waals surface area (Å²) in [5.74, 6) is 0.791. The van der Waals surface area contributed by atoms with Crippen molar-refractivity contribution >= 4 is 44.4 Å². The third kappa shape index (κ3) is 2.66. The van der Waals surface area contributed by atoms with Crippen molar-refractivity contribution in [2.45, 2.75) is 5.33 Å². The lowest BCUT2D eigenvalue weighted by atomic mass is 10.2. The number of ether oxygens (including phenoxy) is 1. The van der Waals surface area contributed by atoms with Crippen molar-refractivity contribution in [1.82, 2.24) is 15.0 Å². The SMILES string of the molecule is Clc1nc(N2CCOCC2)c2ncc(CBr)cc2n1. The Kier molecular flexibility index (Phi) is 3.81. The summed E-state index contributed by atoms with van der Waals surface area (Å²) in [6, 6.07) is 1.98. The third-order valence-corrected chi connectivity index (χ3v) is 3.83. The van der Waals surface area contributed by atoms with Gasteiger partial charge in [0.15, 0.2) is 5.82 Å². The Morgan fingerprint density at radius 1 is 1.32 bits per heavy atom. The molecular weight excluding hydrogens is 332 g/mol. The van der Waals surface area contributed by atoms with E-state index < -0.39 is 0 Å². The molecule has 5 nitrogen and oxygen atoms in total. The molecule has 1 saturated heterocycles. The van der Waals surface area contributed by atoms with Crippen molar-refractivity contribution in [3.8, 4) is 0 Å². The Bertz CT molecular complexity index is 604. The predicted molar refractivity (Wildman–Crippen MR) is 78.0 cm³/mol. The number of alkyl halides is 1. The van der Waals surface area contributed by atoms with E-state index in [0.717, 1.165) is 40.8 Å². The van der Waals surface area contributed by atoms with Gasteiger partial charge in [-0.25, -0.2) is 4.98 Å². The Morgan fingerprint density at radius 2 is 2.11 bits per heavy atom. The summed E-state index contributed by atoms with van der Waals surface area (Å²) in [5.41, 5.74) is 2.63. The summed E-state index contributed by atoms with van der Waals surface area (Å²) in [4.78, 5) is 15.2. The van der Waals surface area contributed by atoms with Gasteiger partial charge in [0.1, 0.15) is 5.52 Å². The summed E-state index contributed by atoms with van der Waals surface area (Å²) < 4.78 is 5.36. The lowest BCUT2D eigenvalue weighted by Gasteiger charge is -2.28. The first-order valence-corrected chi connectivity index (χ1v) is 7.48. The molecule has 7 heteroatoms. The first kappa shape index (κ1) is 13.0. The summed E-state index contributed by atoms with van der Waals surface area (Å²) in [5, 5.41) is 0.993. The standard InChI is InChI=1S/C12H12BrClN4O/c13-6-8-5-9-10(15-7-8)11(17-12(14)16-9)18-1-3-19-4-2-18/h5,7H,1-4,6H2. The highest BCUT2D eigenvalue weighted by atomic mass is 79.9. The molecule has 0 amide bonds. The van der Waals surface area contributed by atoms with E-state index in [4.69, 9.17) is 16.3 Å². The zero-order chi connectivity index (χ0) is 13.2. The van der Waals surface area contributed by atoms with Crippen LogP contribution in [-0.2, 0) is 10.1 Å². The molecule has 100 valence electrons.